The minimum atomic E-state index is 0. The van der Waals surface area contributed by atoms with Gasteiger partial charge in [-0.3, -0.25) is 0 Å². The van der Waals surface area contributed by atoms with Crippen molar-refractivity contribution in [3.63, 3.8) is 0 Å². The first kappa shape index (κ1) is 25.7. The second-order valence-electron chi connectivity index (χ2n) is 7.09. The average molecular weight is 549 g/mol. The maximum absolute atomic E-state index is 5.78. The number of aromatic nitrogens is 2. The van der Waals surface area contributed by atoms with Gasteiger partial charge in [0.25, 0.3) is 0 Å². The lowest BCUT2D eigenvalue weighted by atomic mass is 10.1. The lowest BCUT2D eigenvalue weighted by Crippen LogP contribution is -2.30. The van der Waals surface area contributed by atoms with Crippen molar-refractivity contribution in [1.82, 2.24) is 14.9 Å². The second-order valence-corrected chi connectivity index (χ2v) is 7.09. The number of rotatable bonds is 11. The molecule has 0 bridgehead atoms. The quantitative estimate of drug-likeness (QED) is 0.159. The van der Waals surface area contributed by atoms with Gasteiger partial charge in [0.05, 0.1) is 19.5 Å². The van der Waals surface area contributed by atoms with Crippen LogP contribution in [0.25, 0.3) is 0 Å². The number of nitrogens with zero attached hydrogens (tertiary/aromatic N) is 3. The van der Waals surface area contributed by atoms with Gasteiger partial charge >= 0.3 is 0 Å². The summed E-state index contributed by atoms with van der Waals surface area (Å²) in [5.74, 6) is 1.56. The smallest absolute Gasteiger partial charge is 0.196 e. The van der Waals surface area contributed by atoms with Crippen LogP contribution in [0.3, 0.4) is 0 Å². The van der Waals surface area contributed by atoms with Crippen molar-refractivity contribution >= 4 is 35.6 Å². The number of imidazole rings is 1. The van der Waals surface area contributed by atoms with Crippen LogP contribution >= 0.6 is 24.0 Å². The molecule has 32 heavy (non-hydrogen) atoms. The first-order valence-electron chi connectivity index (χ1n) is 10.6. The first-order valence-corrected chi connectivity index (χ1v) is 10.6. The molecule has 3 aromatic rings. The molecule has 0 amide bonds. The summed E-state index contributed by atoms with van der Waals surface area (Å²) >= 11 is 0. The third kappa shape index (κ3) is 8.88. The van der Waals surface area contributed by atoms with E-state index in [-0.39, 0.29) is 24.0 Å². The Labute approximate surface area is 207 Å². The molecule has 1 heterocycles. The van der Waals surface area contributed by atoms with E-state index in [0.29, 0.717) is 19.8 Å². The molecule has 0 unspecified atom stereocenters. The summed E-state index contributed by atoms with van der Waals surface area (Å²) in [5, 5.41) is 6.65. The average Bonchev–Trinajstić information content (AvgIpc) is 3.30. The van der Waals surface area contributed by atoms with E-state index >= 15 is 0 Å². The molecule has 0 saturated carbocycles. The van der Waals surface area contributed by atoms with Crippen molar-refractivity contribution in [2.45, 2.75) is 26.4 Å². The van der Waals surface area contributed by atoms with E-state index in [4.69, 9.17) is 14.5 Å². The number of benzene rings is 2. The Morgan fingerprint density at radius 1 is 1.09 bits per heavy atom. The van der Waals surface area contributed by atoms with E-state index in [1.165, 1.54) is 5.56 Å². The molecular formula is C24H32IN5O2. The van der Waals surface area contributed by atoms with E-state index in [1.54, 1.807) is 13.3 Å². The third-order valence-electron chi connectivity index (χ3n) is 4.57. The predicted octanol–water partition coefficient (Wildman–Crippen LogP) is 4.54. The van der Waals surface area contributed by atoms with E-state index < -0.39 is 0 Å². The van der Waals surface area contributed by atoms with Crippen LogP contribution in [0, 0.1) is 0 Å². The minimum absolute atomic E-state index is 0. The largest absolute Gasteiger partial charge is 0.493 e. The van der Waals surface area contributed by atoms with Crippen LogP contribution in [0.4, 0.5) is 5.69 Å². The minimum Gasteiger partial charge on any atom is -0.493 e. The monoisotopic (exact) mass is 549 g/mol. The highest BCUT2D eigenvalue weighted by Crippen LogP contribution is 2.17. The molecule has 0 saturated heterocycles. The number of guanidine groups is 1. The van der Waals surface area contributed by atoms with Crippen LogP contribution in [-0.4, -0.2) is 42.4 Å². The molecule has 3 rings (SSSR count). The lowest BCUT2D eigenvalue weighted by Gasteiger charge is -2.13. The molecule has 0 aliphatic rings. The van der Waals surface area contributed by atoms with Crippen LogP contribution in [0.1, 0.15) is 24.5 Å². The Balaban J connectivity index is 0.00000363. The number of methoxy groups -OCH3 is 1. The summed E-state index contributed by atoms with van der Waals surface area (Å²) in [7, 11) is 1.70. The number of ether oxygens (including phenoxy) is 2. The standard InChI is InChI=1S/C24H31N5O2.HI/c1-3-26-24(28-22-6-4-7-23(16-22)31-15-5-14-30-2)27-17-20-8-10-21(11-9-20)18-29-13-12-25-19-29;/h4,6-13,16,19H,3,5,14-15,17-18H2,1-2H3,(H2,26,27,28);1H. The van der Waals surface area contributed by atoms with Crippen molar-refractivity contribution in [1.29, 1.82) is 0 Å². The molecule has 2 N–H and O–H groups in total. The molecule has 7 nitrogen and oxygen atoms in total. The Hall–Kier alpha value is -2.59. The molecule has 0 atom stereocenters. The fourth-order valence-electron chi connectivity index (χ4n) is 3.01. The van der Waals surface area contributed by atoms with Crippen molar-refractivity contribution in [2.24, 2.45) is 4.99 Å². The highest BCUT2D eigenvalue weighted by Gasteiger charge is 2.02. The zero-order chi connectivity index (χ0) is 21.7. The molecule has 0 fully saturated rings. The van der Waals surface area contributed by atoms with Crippen molar-refractivity contribution in [3.8, 4) is 5.75 Å². The number of halogens is 1. The van der Waals surface area contributed by atoms with E-state index in [2.05, 4.69) is 51.4 Å². The summed E-state index contributed by atoms with van der Waals surface area (Å²) in [6.07, 6.45) is 6.44. The first-order chi connectivity index (χ1) is 15.3. The second kappa shape index (κ2) is 14.5. The fourth-order valence-corrected chi connectivity index (χ4v) is 3.01. The number of hydrogen-bond acceptors (Lipinski definition) is 4. The summed E-state index contributed by atoms with van der Waals surface area (Å²) in [6, 6.07) is 16.4. The van der Waals surface area contributed by atoms with Crippen LogP contribution in [0.5, 0.6) is 5.75 Å². The summed E-state index contributed by atoms with van der Waals surface area (Å²) in [5.41, 5.74) is 3.32. The van der Waals surface area contributed by atoms with Gasteiger partial charge in [0.1, 0.15) is 5.75 Å². The molecule has 0 aliphatic carbocycles. The molecule has 8 heteroatoms. The van der Waals surface area contributed by atoms with Gasteiger partial charge in [-0.15, -0.1) is 24.0 Å². The number of hydrogen-bond donors (Lipinski definition) is 2. The number of aliphatic imine (C=N–C) groups is 1. The zero-order valence-electron chi connectivity index (χ0n) is 18.7. The molecular weight excluding hydrogens is 517 g/mol. The lowest BCUT2D eigenvalue weighted by molar-refractivity contribution is 0.172. The van der Waals surface area contributed by atoms with Crippen molar-refractivity contribution < 1.29 is 9.47 Å². The van der Waals surface area contributed by atoms with Crippen LogP contribution in [0.15, 0.2) is 72.2 Å². The highest BCUT2D eigenvalue weighted by molar-refractivity contribution is 14.0. The van der Waals surface area contributed by atoms with Gasteiger partial charge in [-0.25, -0.2) is 9.98 Å². The molecule has 1 aromatic heterocycles. The SMILES string of the molecule is CCNC(=NCc1ccc(Cn2ccnc2)cc1)Nc1cccc(OCCCOC)c1.I. The Morgan fingerprint density at radius 3 is 2.62 bits per heavy atom. The highest BCUT2D eigenvalue weighted by atomic mass is 127. The van der Waals surface area contributed by atoms with E-state index in [0.717, 1.165) is 42.5 Å². The van der Waals surface area contributed by atoms with Gasteiger partial charge in [-0.1, -0.05) is 30.3 Å². The summed E-state index contributed by atoms with van der Waals surface area (Å²) in [6.45, 7) is 5.56. The normalized spacial score (nSPS) is 11.0. The maximum Gasteiger partial charge on any atom is 0.196 e. The number of anilines is 1. The van der Waals surface area contributed by atoms with E-state index in [1.807, 2.05) is 36.8 Å². The summed E-state index contributed by atoms with van der Waals surface area (Å²) in [4.78, 5) is 8.80. The third-order valence-corrected chi connectivity index (χ3v) is 4.57. The van der Waals surface area contributed by atoms with Gasteiger partial charge in [-0.2, -0.15) is 0 Å². The van der Waals surface area contributed by atoms with Gasteiger partial charge in [0, 0.05) is 57.4 Å². The Kier molecular flexibility index (Phi) is 11.6. The molecule has 0 radical (unpaired) electrons. The summed E-state index contributed by atoms with van der Waals surface area (Å²) < 4.78 is 12.9. The number of nitrogens with one attached hydrogen (secondary N) is 2. The zero-order valence-corrected chi connectivity index (χ0v) is 21.0. The molecule has 0 aliphatic heterocycles. The van der Waals surface area contributed by atoms with Crippen LogP contribution in [0.2, 0.25) is 0 Å². The molecule has 2 aromatic carbocycles. The predicted molar refractivity (Wildman–Crippen MR) is 140 cm³/mol. The van der Waals surface area contributed by atoms with Gasteiger partial charge in [0.15, 0.2) is 5.96 Å². The van der Waals surface area contributed by atoms with Crippen molar-refractivity contribution in [3.05, 3.63) is 78.4 Å². The van der Waals surface area contributed by atoms with E-state index in [9.17, 15) is 0 Å². The Bertz CT molecular complexity index is 930. The fraction of sp³-hybridized carbons (Fsp3) is 0.333. The van der Waals surface area contributed by atoms with Gasteiger partial charge in [-0.05, 0) is 30.2 Å². The van der Waals surface area contributed by atoms with Crippen molar-refractivity contribution in [2.75, 3.05) is 32.2 Å². The van der Waals surface area contributed by atoms with Crippen LogP contribution in [-0.2, 0) is 17.8 Å². The van der Waals surface area contributed by atoms with Gasteiger partial charge < -0.3 is 24.7 Å². The topological polar surface area (TPSA) is 72.7 Å². The maximum atomic E-state index is 5.78. The Morgan fingerprint density at radius 2 is 1.91 bits per heavy atom. The van der Waals surface area contributed by atoms with Crippen LogP contribution < -0.4 is 15.4 Å². The molecule has 0 spiro atoms. The molecule has 172 valence electrons. The van der Waals surface area contributed by atoms with Gasteiger partial charge in [0.2, 0.25) is 0 Å².